The molecule has 8 heteroatoms. The molecule has 0 unspecified atom stereocenters. The number of carbonyl (C=O) groups is 1. The average molecular weight is 383 g/mol. The second kappa shape index (κ2) is 8.05. The van der Waals surface area contributed by atoms with Gasteiger partial charge >= 0.3 is 0 Å². The first-order valence-corrected chi connectivity index (χ1v) is 9.22. The van der Waals surface area contributed by atoms with Crippen molar-refractivity contribution >= 4 is 40.6 Å². The third-order valence-electron chi connectivity index (χ3n) is 4.04. The van der Waals surface area contributed by atoms with Gasteiger partial charge in [0.1, 0.15) is 0 Å². The van der Waals surface area contributed by atoms with Gasteiger partial charge in [-0.25, -0.2) is 0 Å². The van der Waals surface area contributed by atoms with Crippen molar-refractivity contribution in [3.8, 4) is 5.75 Å². The highest BCUT2D eigenvalue weighted by Crippen LogP contribution is 2.35. The molecular formula is C19H21N5O2S. The number of hydrogen-bond donors (Lipinski definition) is 3. The summed E-state index contributed by atoms with van der Waals surface area (Å²) in [6, 6.07) is 13.2. The lowest BCUT2D eigenvalue weighted by molar-refractivity contribution is 0.0823. The van der Waals surface area contributed by atoms with Crippen LogP contribution in [0.4, 0.5) is 23.0 Å². The molecule has 0 aliphatic heterocycles. The number of benzene rings is 2. The lowest BCUT2D eigenvalue weighted by Crippen LogP contribution is -2.23. The molecule has 140 valence electrons. The van der Waals surface area contributed by atoms with E-state index in [0.29, 0.717) is 29.3 Å². The molecule has 1 amide bonds. The molecule has 0 bridgehead atoms. The number of phenolic OH excluding ortho intramolecular Hbond substituents is 1. The van der Waals surface area contributed by atoms with E-state index in [9.17, 15) is 9.90 Å². The maximum Gasteiger partial charge on any atom is 0.257 e. The van der Waals surface area contributed by atoms with Crippen molar-refractivity contribution in [1.82, 2.24) is 13.6 Å². The van der Waals surface area contributed by atoms with Gasteiger partial charge in [0, 0.05) is 19.8 Å². The normalized spacial score (nSPS) is 10.5. The van der Waals surface area contributed by atoms with E-state index < -0.39 is 0 Å². The molecular weight excluding hydrogens is 362 g/mol. The topological polar surface area (TPSA) is 90.4 Å². The summed E-state index contributed by atoms with van der Waals surface area (Å²) in [5.74, 6) is 0.691. The van der Waals surface area contributed by atoms with Crippen LogP contribution in [0.15, 0.2) is 42.5 Å². The maximum absolute atomic E-state index is 12.5. The molecule has 0 saturated heterocycles. The summed E-state index contributed by atoms with van der Waals surface area (Å²) in [6.45, 7) is 1.94. The first-order valence-electron chi connectivity index (χ1n) is 8.49. The summed E-state index contributed by atoms with van der Waals surface area (Å²) in [7, 11) is 3.32. The van der Waals surface area contributed by atoms with Gasteiger partial charge < -0.3 is 20.6 Å². The third kappa shape index (κ3) is 4.01. The van der Waals surface area contributed by atoms with Crippen LogP contribution in [0, 0.1) is 0 Å². The largest absolute Gasteiger partial charge is 0.505 e. The number of nitrogens with one attached hydrogen (secondary N) is 2. The number of aromatic nitrogens is 2. The maximum atomic E-state index is 12.5. The fraction of sp³-hybridized carbons (Fsp3) is 0.211. The molecule has 0 radical (unpaired) electrons. The van der Waals surface area contributed by atoms with Gasteiger partial charge in [0.25, 0.3) is 5.91 Å². The summed E-state index contributed by atoms with van der Waals surface area (Å²) in [4.78, 5) is 14.0. The van der Waals surface area contributed by atoms with Crippen molar-refractivity contribution in [1.29, 1.82) is 0 Å². The van der Waals surface area contributed by atoms with E-state index in [0.717, 1.165) is 23.0 Å². The van der Waals surface area contributed by atoms with Crippen molar-refractivity contribution in [2.75, 3.05) is 24.7 Å². The molecule has 27 heavy (non-hydrogen) atoms. The fourth-order valence-electron chi connectivity index (χ4n) is 2.63. The van der Waals surface area contributed by atoms with E-state index in [-0.39, 0.29) is 11.7 Å². The molecule has 0 aliphatic rings. The zero-order chi connectivity index (χ0) is 19.4. The summed E-state index contributed by atoms with van der Waals surface area (Å²) in [5.41, 5.74) is 2.37. The number of carbonyl (C=O) groups excluding carboxylic acids is 1. The van der Waals surface area contributed by atoms with E-state index in [2.05, 4.69) is 19.4 Å². The third-order valence-corrected chi connectivity index (χ3v) is 4.57. The number of aromatic hydroxyl groups is 1. The molecule has 1 aromatic heterocycles. The molecule has 1 heterocycles. The number of hydrogen-bond acceptors (Lipinski definition) is 7. The zero-order valence-electron chi connectivity index (χ0n) is 15.4. The number of para-hydroxylation sites is 1. The number of nitrogens with zero attached hydrogens (tertiary/aromatic N) is 3. The molecule has 2 aromatic carbocycles. The Morgan fingerprint density at radius 2 is 1.74 bits per heavy atom. The van der Waals surface area contributed by atoms with Crippen LogP contribution in [-0.4, -0.2) is 38.8 Å². The van der Waals surface area contributed by atoms with Crippen molar-refractivity contribution in [2.45, 2.75) is 13.3 Å². The standard InChI is InChI=1S/C19H21N5O2S/c1-4-12-10-11-14(16(25)15(12)19(26)24(2)3)21-18-17(22-27-23-18)20-13-8-6-5-7-9-13/h5-11,25H,4H2,1-3H3,(H,20,22)(H,21,23). The Balaban J connectivity index is 1.92. The fourth-order valence-corrected chi connectivity index (χ4v) is 3.10. The van der Waals surface area contributed by atoms with Crippen LogP contribution >= 0.6 is 11.7 Å². The van der Waals surface area contributed by atoms with Crippen LogP contribution in [-0.2, 0) is 6.42 Å². The van der Waals surface area contributed by atoms with E-state index in [4.69, 9.17) is 0 Å². The molecule has 7 nitrogen and oxygen atoms in total. The molecule has 0 spiro atoms. The van der Waals surface area contributed by atoms with E-state index in [1.165, 1.54) is 4.90 Å². The number of rotatable bonds is 6. The van der Waals surface area contributed by atoms with Gasteiger partial charge in [0.2, 0.25) is 0 Å². The minimum atomic E-state index is -0.243. The van der Waals surface area contributed by atoms with Gasteiger partial charge in [-0.15, -0.1) is 0 Å². The molecule has 0 saturated carbocycles. The van der Waals surface area contributed by atoms with Crippen LogP contribution in [0.25, 0.3) is 0 Å². The Morgan fingerprint density at radius 3 is 2.37 bits per heavy atom. The quantitative estimate of drug-likeness (QED) is 0.558. The Labute approximate surface area is 162 Å². The van der Waals surface area contributed by atoms with Crippen molar-refractivity contribution in [3.63, 3.8) is 0 Å². The van der Waals surface area contributed by atoms with Crippen LogP contribution in [0.1, 0.15) is 22.8 Å². The van der Waals surface area contributed by atoms with Gasteiger partial charge in [0.15, 0.2) is 17.4 Å². The van der Waals surface area contributed by atoms with Crippen molar-refractivity contribution in [2.24, 2.45) is 0 Å². The Kier molecular flexibility index (Phi) is 5.56. The number of anilines is 4. The van der Waals surface area contributed by atoms with Gasteiger partial charge in [0.05, 0.1) is 23.0 Å². The number of amides is 1. The average Bonchev–Trinajstić information content (AvgIpc) is 3.10. The summed E-state index contributed by atoms with van der Waals surface area (Å²) in [5, 5.41) is 17.0. The molecule has 3 aromatic rings. The van der Waals surface area contributed by atoms with Crippen LogP contribution in [0.5, 0.6) is 5.75 Å². The highest BCUT2D eigenvalue weighted by atomic mass is 32.1. The SMILES string of the molecule is CCc1ccc(Nc2nsnc2Nc2ccccc2)c(O)c1C(=O)N(C)C. The highest BCUT2D eigenvalue weighted by Gasteiger charge is 2.21. The van der Waals surface area contributed by atoms with E-state index in [1.54, 1.807) is 20.2 Å². The minimum absolute atomic E-state index is 0.0910. The Morgan fingerprint density at radius 1 is 1.07 bits per heavy atom. The number of aryl methyl sites for hydroxylation is 1. The van der Waals surface area contributed by atoms with E-state index in [1.807, 2.05) is 43.3 Å². The first-order chi connectivity index (χ1) is 13.0. The van der Waals surface area contributed by atoms with Crippen molar-refractivity contribution in [3.05, 3.63) is 53.6 Å². The van der Waals surface area contributed by atoms with Crippen LogP contribution in [0.3, 0.4) is 0 Å². The number of phenols is 1. The van der Waals surface area contributed by atoms with Crippen LogP contribution in [0.2, 0.25) is 0 Å². The van der Waals surface area contributed by atoms with Crippen LogP contribution < -0.4 is 10.6 Å². The molecule has 0 aliphatic carbocycles. The summed E-state index contributed by atoms with van der Waals surface area (Å²) < 4.78 is 8.51. The van der Waals surface area contributed by atoms with Gasteiger partial charge in [-0.3, -0.25) is 4.79 Å². The lowest BCUT2D eigenvalue weighted by atomic mass is 10.0. The summed E-state index contributed by atoms with van der Waals surface area (Å²) >= 11 is 1.05. The Bertz CT molecular complexity index is 941. The Hall–Kier alpha value is -3.13. The molecule has 3 N–H and O–H groups in total. The monoisotopic (exact) mass is 383 g/mol. The van der Waals surface area contributed by atoms with Gasteiger partial charge in [-0.05, 0) is 30.2 Å². The second-order valence-corrected chi connectivity index (χ2v) is 6.65. The smallest absolute Gasteiger partial charge is 0.257 e. The molecule has 0 fully saturated rings. The molecule has 0 atom stereocenters. The van der Waals surface area contributed by atoms with Crippen molar-refractivity contribution < 1.29 is 9.90 Å². The van der Waals surface area contributed by atoms with E-state index >= 15 is 0 Å². The predicted octanol–water partition coefficient (Wildman–Crippen LogP) is 4.00. The van der Waals surface area contributed by atoms with Gasteiger partial charge in [-0.1, -0.05) is 31.2 Å². The highest BCUT2D eigenvalue weighted by molar-refractivity contribution is 6.99. The lowest BCUT2D eigenvalue weighted by Gasteiger charge is -2.17. The predicted molar refractivity (Wildman–Crippen MR) is 108 cm³/mol. The zero-order valence-corrected chi connectivity index (χ0v) is 16.2. The second-order valence-electron chi connectivity index (χ2n) is 6.13. The van der Waals surface area contributed by atoms with Gasteiger partial charge in [-0.2, -0.15) is 8.75 Å². The molecule has 3 rings (SSSR count). The summed E-state index contributed by atoms with van der Waals surface area (Å²) in [6.07, 6.45) is 0.641. The minimum Gasteiger partial charge on any atom is -0.505 e. The first kappa shape index (κ1) is 18.7.